The van der Waals surface area contributed by atoms with E-state index in [0.717, 1.165) is 70.3 Å². The quantitative estimate of drug-likeness (QED) is 0.433. The Balaban J connectivity index is 1.16. The number of fused-ring (bicyclic) bond motifs is 2. The zero-order valence-electron chi connectivity index (χ0n) is 23.0. The molecule has 0 spiro atoms. The number of carboxylic acids is 1. The molecule has 1 unspecified atom stereocenters. The van der Waals surface area contributed by atoms with Gasteiger partial charge in [-0.3, -0.25) is 9.59 Å². The summed E-state index contributed by atoms with van der Waals surface area (Å²) in [6.45, 7) is 8.33. The molecule has 3 heterocycles. The van der Waals surface area contributed by atoms with Gasteiger partial charge in [-0.1, -0.05) is 23.8 Å². The molecule has 210 valence electrons. The number of thiazole rings is 1. The van der Waals surface area contributed by atoms with Crippen molar-refractivity contribution in [3.63, 3.8) is 0 Å². The topological polar surface area (TPSA) is 92.2 Å². The highest BCUT2D eigenvalue weighted by Gasteiger charge is 2.46. The van der Waals surface area contributed by atoms with Crippen molar-refractivity contribution < 1.29 is 24.2 Å². The first-order chi connectivity index (χ1) is 19.4. The van der Waals surface area contributed by atoms with Crippen molar-refractivity contribution in [2.45, 2.75) is 33.3 Å². The van der Waals surface area contributed by atoms with Crippen LogP contribution in [0.1, 0.15) is 39.9 Å². The van der Waals surface area contributed by atoms with Crippen LogP contribution in [0.25, 0.3) is 11.3 Å². The van der Waals surface area contributed by atoms with Gasteiger partial charge in [0.2, 0.25) is 0 Å². The third-order valence-electron chi connectivity index (χ3n) is 8.51. The Hall–Kier alpha value is -3.43. The Morgan fingerprint density at radius 3 is 2.52 bits per heavy atom. The maximum Gasteiger partial charge on any atom is 0.307 e. The maximum absolute atomic E-state index is 12.9. The number of aryl methyl sites for hydroxylation is 2. The van der Waals surface area contributed by atoms with E-state index in [2.05, 4.69) is 23.3 Å². The van der Waals surface area contributed by atoms with Crippen LogP contribution >= 0.6 is 11.3 Å². The van der Waals surface area contributed by atoms with Crippen LogP contribution in [0.5, 0.6) is 5.75 Å². The fourth-order valence-corrected chi connectivity index (χ4v) is 7.28. The van der Waals surface area contributed by atoms with Crippen molar-refractivity contribution in [3.05, 3.63) is 64.0 Å². The third kappa shape index (κ3) is 5.32. The Morgan fingerprint density at radius 1 is 1.07 bits per heavy atom. The normalized spacial score (nSPS) is 22.4. The smallest absolute Gasteiger partial charge is 0.307 e. The van der Waals surface area contributed by atoms with E-state index in [1.165, 1.54) is 0 Å². The first kappa shape index (κ1) is 26.8. The van der Waals surface area contributed by atoms with E-state index in [0.29, 0.717) is 32.9 Å². The van der Waals surface area contributed by atoms with Crippen LogP contribution < -0.4 is 9.64 Å². The summed E-state index contributed by atoms with van der Waals surface area (Å²) < 4.78 is 11.7. The average molecular weight is 562 g/mol. The number of anilines is 1. The SMILES string of the molecule is Cc1ccc(OCc2ccc(C(=O)N3CCOCC3)c(C)c2)c(-c2csc(N3C[C@H]4CC[C@@H](C3)C4C(=O)O)n2)c1. The number of carbonyl (C=O) groups is 2. The molecular formula is C31H35N3O5S. The Morgan fingerprint density at radius 2 is 1.82 bits per heavy atom. The minimum Gasteiger partial charge on any atom is -0.488 e. The first-order valence-corrected chi connectivity index (χ1v) is 14.9. The van der Waals surface area contributed by atoms with Crippen LogP contribution in [-0.2, 0) is 16.1 Å². The van der Waals surface area contributed by atoms with Crippen molar-refractivity contribution in [1.82, 2.24) is 9.88 Å². The summed E-state index contributed by atoms with van der Waals surface area (Å²) in [4.78, 5) is 33.8. The number of nitrogens with zero attached hydrogens (tertiary/aromatic N) is 3. The number of carbonyl (C=O) groups excluding carboxylic acids is 1. The van der Waals surface area contributed by atoms with Gasteiger partial charge in [-0.2, -0.15) is 0 Å². The summed E-state index contributed by atoms with van der Waals surface area (Å²) in [5.74, 6) is 0.331. The molecule has 2 saturated heterocycles. The van der Waals surface area contributed by atoms with Crippen LogP contribution in [0.15, 0.2) is 41.8 Å². The molecule has 1 N–H and O–H groups in total. The fraction of sp³-hybridized carbons (Fsp3) is 0.452. The summed E-state index contributed by atoms with van der Waals surface area (Å²) in [6, 6.07) is 12.0. The second kappa shape index (κ2) is 11.2. The molecule has 3 aromatic rings. The molecule has 1 aliphatic carbocycles. The average Bonchev–Trinajstić information content (AvgIpc) is 3.55. The summed E-state index contributed by atoms with van der Waals surface area (Å²) >= 11 is 1.61. The highest BCUT2D eigenvalue weighted by atomic mass is 32.1. The Labute approximate surface area is 238 Å². The zero-order chi connectivity index (χ0) is 27.8. The number of piperidine rings is 1. The van der Waals surface area contributed by atoms with Gasteiger partial charge in [-0.25, -0.2) is 4.98 Å². The third-order valence-corrected chi connectivity index (χ3v) is 9.41. The van der Waals surface area contributed by atoms with Crippen LogP contribution in [0.4, 0.5) is 5.13 Å². The Bertz CT molecular complexity index is 1400. The van der Waals surface area contributed by atoms with Crippen LogP contribution in [0.2, 0.25) is 0 Å². The first-order valence-electron chi connectivity index (χ1n) is 14.0. The van der Waals surface area contributed by atoms with Gasteiger partial charge in [0.25, 0.3) is 5.91 Å². The van der Waals surface area contributed by atoms with Crippen molar-refractivity contribution in [3.8, 4) is 17.0 Å². The van der Waals surface area contributed by atoms with E-state index < -0.39 is 5.97 Å². The van der Waals surface area contributed by atoms with E-state index in [1.807, 2.05) is 42.2 Å². The largest absolute Gasteiger partial charge is 0.488 e. The molecule has 1 amide bonds. The molecule has 3 atom stereocenters. The molecule has 0 radical (unpaired) electrons. The van der Waals surface area contributed by atoms with Crippen molar-refractivity contribution in [2.24, 2.45) is 17.8 Å². The molecule has 2 aromatic carbocycles. The van der Waals surface area contributed by atoms with E-state index >= 15 is 0 Å². The van der Waals surface area contributed by atoms with Crippen molar-refractivity contribution in [2.75, 3.05) is 44.3 Å². The second-order valence-electron chi connectivity index (χ2n) is 11.2. The van der Waals surface area contributed by atoms with Crippen LogP contribution in [0.3, 0.4) is 0 Å². The lowest BCUT2D eigenvalue weighted by atomic mass is 9.85. The number of rotatable bonds is 7. The van der Waals surface area contributed by atoms with Gasteiger partial charge < -0.3 is 24.4 Å². The number of benzene rings is 2. The van der Waals surface area contributed by atoms with Gasteiger partial charge in [-0.15, -0.1) is 11.3 Å². The molecule has 9 heteroatoms. The number of aliphatic carboxylic acids is 1. The minimum atomic E-state index is -0.651. The molecule has 40 heavy (non-hydrogen) atoms. The lowest BCUT2D eigenvalue weighted by Crippen LogP contribution is -2.44. The van der Waals surface area contributed by atoms with Gasteiger partial charge in [0.15, 0.2) is 5.13 Å². The van der Waals surface area contributed by atoms with Crippen LogP contribution in [-0.4, -0.2) is 66.3 Å². The number of ether oxygens (including phenoxy) is 2. The van der Waals surface area contributed by atoms with Gasteiger partial charge in [-0.05, 0) is 67.9 Å². The highest BCUT2D eigenvalue weighted by Crippen LogP contribution is 2.44. The zero-order valence-corrected chi connectivity index (χ0v) is 23.8. The van der Waals surface area contributed by atoms with Crippen molar-refractivity contribution in [1.29, 1.82) is 0 Å². The molecule has 3 fully saturated rings. The lowest BCUT2D eigenvalue weighted by molar-refractivity contribution is -0.144. The summed E-state index contributed by atoms with van der Waals surface area (Å²) in [5.41, 5.74) is 5.59. The standard InChI is InChI=1S/C31H35N3O5S/c1-19-3-8-27(39-17-21-4-7-24(20(2)14-21)29(35)33-9-11-38-12-10-33)25(13-19)26-18-40-31(32-26)34-15-22-5-6-23(16-34)28(22)30(36)37/h3-4,7-8,13-14,18,22-23,28H,5-6,9-12,15-17H2,1-2H3,(H,36,37)/t22-,23+,28?. The monoisotopic (exact) mass is 561 g/mol. The van der Waals surface area contributed by atoms with Gasteiger partial charge in [0.1, 0.15) is 12.4 Å². The summed E-state index contributed by atoms with van der Waals surface area (Å²) in [6.07, 6.45) is 1.96. The summed E-state index contributed by atoms with van der Waals surface area (Å²) in [7, 11) is 0. The predicted octanol–water partition coefficient (Wildman–Crippen LogP) is 5.03. The van der Waals surface area contributed by atoms with Gasteiger partial charge in [0, 0.05) is 42.7 Å². The molecule has 2 bridgehead atoms. The Kier molecular flexibility index (Phi) is 7.51. The van der Waals surface area contributed by atoms with Gasteiger partial charge >= 0.3 is 5.97 Å². The minimum absolute atomic E-state index is 0.0496. The molecule has 2 aliphatic heterocycles. The van der Waals surface area contributed by atoms with E-state index in [1.54, 1.807) is 11.3 Å². The molecule has 8 nitrogen and oxygen atoms in total. The molecule has 6 rings (SSSR count). The number of hydrogen-bond donors (Lipinski definition) is 1. The fourth-order valence-electron chi connectivity index (χ4n) is 6.44. The lowest BCUT2D eigenvalue weighted by Gasteiger charge is -2.35. The summed E-state index contributed by atoms with van der Waals surface area (Å²) in [5, 5.41) is 12.7. The molecule has 1 aromatic heterocycles. The number of aromatic nitrogens is 1. The number of carboxylic acid groups (broad SMARTS) is 1. The number of amides is 1. The van der Waals surface area contributed by atoms with E-state index in [4.69, 9.17) is 14.5 Å². The van der Waals surface area contributed by atoms with E-state index in [9.17, 15) is 14.7 Å². The van der Waals surface area contributed by atoms with E-state index in [-0.39, 0.29) is 23.7 Å². The number of hydrogen-bond acceptors (Lipinski definition) is 7. The maximum atomic E-state index is 12.9. The second-order valence-corrected chi connectivity index (χ2v) is 12.1. The van der Waals surface area contributed by atoms with Crippen LogP contribution in [0, 0.1) is 31.6 Å². The highest BCUT2D eigenvalue weighted by molar-refractivity contribution is 7.14. The van der Waals surface area contributed by atoms with Gasteiger partial charge in [0.05, 0.1) is 24.8 Å². The molecule has 1 saturated carbocycles. The van der Waals surface area contributed by atoms with Crippen molar-refractivity contribution >= 4 is 28.3 Å². The molecule has 3 aliphatic rings. The number of morpholine rings is 1. The molecular weight excluding hydrogens is 526 g/mol. The predicted molar refractivity (Wildman–Crippen MR) is 154 cm³/mol.